The molecule has 0 saturated heterocycles. The summed E-state index contributed by atoms with van der Waals surface area (Å²) < 4.78 is 1.62. The topological polar surface area (TPSA) is 75.9 Å². The van der Waals surface area contributed by atoms with Crippen LogP contribution in [0.4, 0.5) is 0 Å². The first-order valence-corrected chi connectivity index (χ1v) is 6.38. The molecule has 19 heavy (non-hydrogen) atoms. The van der Waals surface area contributed by atoms with E-state index in [2.05, 4.69) is 39.9 Å². The van der Waals surface area contributed by atoms with Crippen molar-refractivity contribution in [2.24, 2.45) is 5.92 Å². The van der Waals surface area contributed by atoms with E-state index in [1.807, 2.05) is 19.1 Å². The van der Waals surface area contributed by atoms with Gasteiger partial charge in [-0.2, -0.15) is 0 Å². The average molecular weight is 261 g/mol. The lowest BCUT2D eigenvalue weighted by atomic mass is 10.1. The van der Waals surface area contributed by atoms with Gasteiger partial charge in [-0.15, -0.1) is 5.10 Å². The highest BCUT2D eigenvalue weighted by Gasteiger charge is 2.07. The molecule has 2 N–H and O–H groups in total. The van der Waals surface area contributed by atoms with E-state index in [0.29, 0.717) is 0 Å². The summed E-state index contributed by atoms with van der Waals surface area (Å²) in [6.45, 7) is 5.13. The minimum absolute atomic E-state index is 0.206. The first-order valence-electron chi connectivity index (χ1n) is 6.38. The minimum atomic E-state index is 0.206. The minimum Gasteiger partial charge on any atom is -0.396 e. The van der Waals surface area contributed by atoms with Crippen LogP contribution in [0.5, 0.6) is 0 Å². The number of benzene rings is 1. The van der Waals surface area contributed by atoms with Gasteiger partial charge < -0.3 is 10.4 Å². The number of hydrogen-bond donors (Lipinski definition) is 2. The van der Waals surface area contributed by atoms with Crippen LogP contribution in [0.15, 0.2) is 30.6 Å². The van der Waals surface area contributed by atoms with Crippen molar-refractivity contribution in [3.63, 3.8) is 0 Å². The van der Waals surface area contributed by atoms with E-state index >= 15 is 0 Å². The molecule has 0 amide bonds. The van der Waals surface area contributed by atoms with Crippen LogP contribution in [0.1, 0.15) is 25.5 Å². The van der Waals surface area contributed by atoms with Gasteiger partial charge in [0.05, 0.1) is 5.69 Å². The lowest BCUT2D eigenvalue weighted by molar-refractivity contribution is 0.231. The predicted octanol–water partition coefficient (Wildman–Crippen LogP) is 0.941. The summed E-state index contributed by atoms with van der Waals surface area (Å²) in [5.41, 5.74) is 2.13. The fourth-order valence-corrected chi connectivity index (χ4v) is 1.76. The molecule has 0 aliphatic rings. The van der Waals surface area contributed by atoms with Crippen LogP contribution in [-0.4, -0.2) is 38.5 Å². The fraction of sp³-hybridized carbons (Fsp3) is 0.462. The number of aliphatic hydroxyl groups is 1. The molecule has 6 heteroatoms. The van der Waals surface area contributed by atoms with Crippen LogP contribution >= 0.6 is 0 Å². The van der Waals surface area contributed by atoms with Crippen LogP contribution in [0, 0.1) is 5.92 Å². The van der Waals surface area contributed by atoms with E-state index in [-0.39, 0.29) is 18.6 Å². The maximum Gasteiger partial charge on any atom is 0.143 e. The van der Waals surface area contributed by atoms with E-state index in [9.17, 15) is 0 Å². The maximum atomic E-state index is 9.00. The molecule has 2 rings (SSSR count). The van der Waals surface area contributed by atoms with Gasteiger partial charge in [-0.1, -0.05) is 19.1 Å². The Morgan fingerprint density at radius 3 is 2.58 bits per heavy atom. The molecule has 0 fully saturated rings. The Balaban J connectivity index is 1.98. The average Bonchev–Trinajstić information content (AvgIpc) is 2.98. The van der Waals surface area contributed by atoms with Gasteiger partial charge in [0.15, 0.2) is 0 Å². The molecular formula is C13H19N5O. The molecule has 1 aromatic carbocycles. The van der Waals surface area contributed by atoms with Gasteiger partial charge >= 0.3 is 0 Å². The van der Waals surface area contributed by atoms with Gasteiger partial charge in [0.25, 0.3) is 0 Å². The van der Waals surface area contributed by atoms with Crippen molar-refractivity contribution in [3.05, 3.63) is 36.2 Å². The second-order valence-electron chi connectivity index (χ2n) is 4.76. The number of rotatable bonds is 6. The number of nitrogens with one attached hydrogen (secondary N) is 1. The Hall–Kier alpha value is -1.79. The normalized spacial score (nSPS) is 14.3. The second kappa shape index (κ2) is 6.40. The van der Waals surface area contributed by atoms with Crippen LogP contribution in [0.25, 0.3) is 5.69 Å². The quantitative estimate of drug-likeness (QED) is 0.809. The van der Waals surface area contributed by atoms with Crippen LogP contribution < -0.4 is 5.32 Å². The molecular weight excluding hydrogens is 242 g/mol. The third-order valence-corrected chi connectivity index (χ3v) is 3.09. The molecule has 2 atom stereocenters. The monoisotopic (exact) mass is 261 g/mol. The summed E-state index contributed by atoms with van der Waals surface area (Å²) in [4.78, 5) is 0. The Labute approximate surface area is 112 Å². The Bertz CT molecular complexity index is 482. The Morgan fingerprint density at radius 1 is 1.26 bits per heavy atom. The van der Waals surface area contributed by atoms with E-state index in [0.717, 1.165) is 12.2 Å². The second-order valence-corrected chi connectivity index (χ2v) is 4.76. The van der Waals surface area contributed by atoms with Crippen LogP contribution in [-0.2, 0) is 0 Å². The zero-order valence-electron chi connectivity index (χ0n) is 11.2. The highest BCUT2D eigenvalue weighted by Crippen LogP contribution is 2.15. The summed E-state index contributed by atoms with van der Waals surface area (Å²) in [7, 11) is 0. The van der Waals surface area contributed by atoms with Gasteiger partial charge in [0, 0.05) is 19.2 Å². The zero-order valence-corrected chi connectivity index (χ0v) is 11.2. The standard InChI is InChI=1S/C13H19N5O/c1-10(8-19)7-14-11(2)12-3-5-13(6-4-12)18-9-15-16-17-18/h3-6,9-11,14,19H,7-8H2,1-2H3. The highest BCUT2D eigenvalue weighted by molar-refractivity contribution is 5.34. The van der Waals surface area contributed by atoms with Crippen molar-refractivity contribution in [2.45, 2.75) is 19.9 Å². The molecule has 1 aromatic heterocycles. The third-order valence-electron chi connectivity index (χ3n) is 3.09. The van der Waals surface area contributed by atoms with Crippen molar-refractivity contribution in [2.75, 3.05) is 13.2 Å². The third kappa shape index (κ3) is 3.59. The molecule has 1 heterocycles. The number of tetrazole rings is 1. The van der Waals surface area contributed by atoms with Crippen molar-refractivity contribution in [1.82, 2.24) is 25.5 Å². The summed E-state index contributed by atoms with van der Waals surface area (Å²) in [5.74, 6) is 0.267. The van der Waals surface area contributed by atoms with Crippen molar-refractivity contribution < 1.29 is 5.11 Å². The zero-order chi connectivity index (χ0) is 13.7. The van der Waals surface area contributed by atoms with Gasteiger partial charge in [-0.25, -0.2) is 4.68 Å². The molecule has 0 aliphatic carbocycles. The van der Waals surface area contributed by atoms with Gasteiger partial charge in [-0.3, -0.25) is 0 Å². The van der Waals surface area contributed by atoms with Gasteiger partial charge in [0.1, 0.15) is 6.33 Å². The molecule has 2 unspecified atom stereocenters. The fourth-order valence-electron chi connectivity index (χ4n) is 1.76. The van der Waals surface area contributed by atoms with Crippen LogP contribution in [0.2, 0.25) is 0 Å². The summed E-state index contributed by atoms with van der Waals surface area (Å²) in [5, 5.41) is 23.5. The summed E-state index contributed by atoms with van der Waals surface area (Å²) in [6, 6.07) is 8.33. The van der Waals surface area contributed by atoms with E-state index in [4.69, 9.17) is 5.11 Å². The van der Waals surface area contributed by atoms with E-state index in [1.165, 1.54) is 5.56 Å². The molecule has 0 spiro atoms. The molecule has 6 nitrogen and oxygen atoms in total. The lowest BCUT2D eigenvalue weighted by Crippen LogP contribution is -2.26. The molecule has 0 saturated carbocycles. The first kappa shape index (κ1) is 13.6. The molecule has 2 aromatic rings. The van der Waals surface area contributed by atoms with Gasteiger partial charge in [-0.05, 0) is 41.0 Å². The molecule has 0 radical (unpaired) electrons. The summed E-state index contributed by atoms with van der Waals surface area (Å²) in [6.07, 6.45) is 1.57. The Morgan fingerprint density at radius 2 is 2.00 bits per heavy atom. The lowest BCUT2D eigenvalue weighted by Gasteiger charge is -2.17. The Kier molecular flexibility index (Phi) is 4.59. The molecule has 0 aliphatic heterocycles. The molecule has 0 bridgehead atoms. The van der Waals surface area contributed by atoms with E-state index < -0.39 is 0 Å². The predicted molar refractivity (Wildman–Crippen MR) is 71.8 cm³/mol. The first-order chi connectivity index (χ1) is 9.20. The summed E-state index contributed by atoms with van der Waals surface area (Å²) >= 11 is 0. The van der Waals surface area contributed by atoms with Crippen molar-refractivity contribution >= 4 is 0 Å². The number of nitrogens with zero attached hydrogens (tertiary/aromatic N) is 4. The highest BCUT2D eigenvalue weighted by atomic mass is 16.3. The number of hydrogen-bond acceptors (Lipinski definition) is 5. The SMILES string of the molecule is CC(CO)CNC(C)c1ccc(-n2cnnn2)cc1. The maximum absolute atomic E-state index is 9.00. The van der Waals surface area contributed by atoms with Crippen molar-refractivity contribution in [1.29, 1.82) is 0 Å². The molecule has 102 valence electrons. The number of aromatic nitrogens is 4. The van der Waals surface area contributed by atoms with Gasteiger partial charge in [0.2, 0.25) is 0 Å². The van der Waals surface area contributed by atoms with Crippen LogP contribution in [0.3, 0.4) is 0 Å². The largest absolute Gasteiger partial charge is 0.396 e. The number of aliphatic hydroxyl groups excluding tert-OH is 1. The van der Waals surface area contributed by atoms with Crippen molar-refractivity contribution in [3.8, 4) is 5.69 Å². The van der Waals surface area contributed by atoms with E-state index in [1.54, 1.807) is 11.0 Å². The smallest absolute Gasteiger partial charge is 0.143 e.